The molecule has 12 nitrogen and oxygen atoms in total. The van der Waals surface area contributed by atoms with Gasteiger partial charge in [-0.1, -0.05) is 12.1 Å². The number of nitrogens with zero attached hydrogens (tertiary/aromatic N) is 3. The first-order valence-electron chi connectivity index (χ1n) is 7.88. The number of carbonyl (C=O) groups is 2. The van der Waals surface area contributed by atoms with Gasteiger partial charge in [0.05, 0.1) is 25.0 Å². The molecule has 2 aromatic rings. The maximum absolute atomic E-state index is 12.2. The van der Waals surface area contributed by atoms with Crippen molar-refractivity contribution in [2.45, 2.75) is 13.8 Å². The van der Waals surface area contributed by atoms with E-state index in [0.717, 1.165) is 0 Å². The molecular formula is C15H18N6O6S. The van der Waals surface area contributed by atoms with Crippen LogP contribution < -0.4 is 19.5 Å². The molecule has 1 aromatic heterocycles. The van der Waals surface area contributed by atoms with Gasteiger partial charge in [0, 0.05) is 0 Å². The van der Waals surface area contributed by atoms with Crippen LogP contribution in [-0.4, -0.2) is 49.1 Å². The normalized spacial score (nSPS) is 10.7. The minimum atomic E-state index is -4.37. The zero-order chi connectivity index (χ0) is 20.7. The number of benzene rings is 1. The lowest BCUT2D eigenvalue weighted by atomic mass is 10.2. The van der Waals surface area contributed by atoms with E-state index in [-0.39, 0.29) is 35.6 Å². The number of hydrogen-bond donors (Lipinski definition) is 3. The van der Waals surface area contributed by atoms with Gasteiger partial charge in [0.1, 0.15) is 5.82 Å². The molecule has 2 amide bonds. The van der Waals surface area contributed by atoms with E-state index in [1.165, 1.54) is 32.2 Å². The number of anilines is 2. The molecule has 1 aromatic carbocycles. The molecule has 0 fully saturated rings. The number of hydrogen-bond acceptors (Lipinski definition) is 9. The molecule has 1 heterocycles. The largest absolute Gasteiger partial charge is 0.467 e. The maximum atomic E-state index is 12.2. The van der Waals surface area contributed by atoms with E-state index in [1.54, 1.807) is 17.7 Å². The monoisotopic (exact) mass is 410 g/mol. The summed E-state index contributed by atoms with van der Waals surface area (Å²) in [6.07, 6.45) is 0. The predicted octanol–water partition coefficient (Wildman–Crippen LogP) is 0.844. The molecule has 0 aliphatic carbocycles. The van der Waals surface area contributed by atoms with Gasteiger partial charge in [-0.05, 0) is 26.0 Å². The van der Waals surface area contributed by atoms with Crippen LogP contribution in [0.1, 0.15) is 23.1 Å². The smallest absolute Gasteiger partial charge is 0.340 e. The molecule has 0 saturated carbocycles. The van der Waals surface area contributed by atoms with Crippen LogP contribution in [0.5, 0.6) is 6.01 Å². The van der Waals surface area contributed by atoms with Gasteiger partial charge in [-0.15, -0.1) is 0 Å². The molecule has 150 valence electrons. The first kappa shape index (κ1) is 20.8. The van der Waals surface area contributed by atoms with Crippen LogP contribution in [0.15, 0.2) is 24.3 Å². The summed E-state index contributed by atoms with van der Waals surface area (Å²) in [4.78, 5) is 35.3. The van der Waals surface area contributed by atoms with Gasteiger partial charge in [0.25, 0.3) is 0 Å². The molecule has 0 spiro atoms. The summed E-state index contributed by atoms with van der Waals surface area (Å²) >= 11 is 0. The van der Waals surface area contributed by atoms with Crippen LogP contribution in [-0.2, 0) is 14.9 Å². The number of aryl methyl sites for hydroxylation is 1. The highest BCUT2D eigenvalue weighted by molar-refractivity contribution is 7.91. The molecule has 3 N–H and O–H groups in total. The van der Waals surface area contributed by atoms with E-state index in [1.807, 2.05) is 0 Å². The Bertz CT molecular complexity index is 981. The van der Waals surface area contributed by atoms with Crippen molar-refractivity contribution in [3.63, 3.8) is 0 Å². The molecule has 0 aliphatic rings. The molecule has 0 atom stereocenters. The van der Waals surface area contributed by atoms with Crippen LogP contribution in [0.3, 0.4) is 0 Å². The third-order valence-corrected chi connectivity index (χ3v) is 3.97. The molecule has 0 bridgehead atoms. The first-order valence-corrected chi connectivity index (χ1v) is 9.36. The number of rotatable bonds is 7. The second kappa shape index (κ2) is 8.94. The Labute approximate surface area is 160 Å². The Hall–Kier alpha value is -3.48. The third kappa shape index (κ3) is 5.77. The minimum absolute atomic E-state index is 0.00652. The summed E-state index contributed by atoms with van der Waals surface area (Å²) in [7, 11) is -3.05. The fraction of sp³-hybridized carbons (Fsp3) is 0.267. The molecule has 0 unspecified atom stereocenters. The second-order valence-electron chi connectivity index (χ2n) is 5.12. The minimum Gasteiger partial charge on any atom is -0.467 e. The molecule has 13 heteroatoms. The lowest BCUT2D eigenvalue weighted by Crippen LogP contribution is -2.39. The first-order chi connectivity index (χ1) is 13.2. The van der Waals surface area contributed by atoms with Crippen LogP contribution >= 0.6 is 0 Å². The van der Waals surface area contributed by atoms with Crippen molar-refractivity contribution in [2.75, 3.05) is 23.8 Å². The zero-order valence-electron chi connectivity index (χ0n) is 15.2. The van der Waals surface area contributed by atoms with Crippen molar-refractivity contribution < 1.29 is 27.5 Å². The van der Waals surface area contributed by atoms with E-state index in [2.05, 4.69) is 25.0 Å². The van der Waals surface area contributed by atoms with Crippen molar-refractivity contribution in [3.8, 4) is 6.01 Å². The number of esters is 1. The zero-order valence-corrected chi connectivity index (χ0v) is 16.0. The summed E-state index contributed by atoms with van der Waals surface area (Å²) in [5, 5.41) is 2.15. The van der Waals surface area contributed by atoms with E-state index < -0.39 is 22.2 Å². The Balaban J connectivity index is 2.11. The van der Waals surface area contributed by atoms with E-state index in [4.69, 9.17) is 9.47 Å². The van der Waals surface area contributed by atoms with Crippen molar-refractivity contribution >= 4 is 33.8 Å². The molecule has 2 rings (SSSR count). The fourth-order valence-electron chi connectivity index (χ4n) is 1.98. The topological polar surface area (TPSA) is 162 Å². The number of para-hydroxylation sites is 1. The Morgan fingerprint density at radius 1 is 1.14 bits per heavy atom. The maximum Gasteiger partial charge on any atom is 0.340 e. The number of carbonyl (C=O) groups excluding carboxylic acids is 2. The lowest BCUT2D eigenvalue weighted by molar-refractivity contribution is 0.0527. The Kier molecular flexibility index (Phi) is 6.65. The van der Waals surface area contributed by atoms with Crippen LogP contribution in [0.4, 0.5) is 16.4 Å². The van der Waals surface area contributed by atoms with Gasteiger partial charge >= 0.3 is 28.2 Å². The number of urea groups is 1. The SMILES string of the molecule is CCOC(=O)c1ccccc1NS(=O)(=O)NC(=O)Nc1nc(C)nc(OC)n1. The van der Waals surface area contributed by atoms with Crippen LogP contribution in [0.25, 0.3) is 0 Å². The van der Waals surface area contributed by atoms with E-state index in [9.17, 15) is 18.0 Å². The third-order valence-electron chi connectivity index (χ3n) is 3.03. The number of amides is 2. The number of aromatic nitrogens is 3. The van der Waals surface area contributed by atoms with Crippen LogP contribution in [0, 0.1) is 6.92 Å². The predicted molar refractivity (Wildman–Crippen MR) is 98.2 cm³/mol. The van der Waals surface area contributed by atoms with Gasteiger partial charge in [0.15, 0.2) is 0 Å². The van der Waals surface area contributed by atoms with E-state index >= 15 is 0 Å². The fourth-order valence-corrected chi connectivity index (χ4v) is 2.80. The average molecular weight is 410 g/mol. The van der Waals surface area contributed by atoms with Crippen molar-refractivity contribution in [1.82, 2.24) is 19.7 Å². The Morgan fingerprint density at radius 3 is 2.54 bits per heavy atom. The second-order valence-corrected chi connectivity index (χ2v) is 6.54. The molecule has 0 radical (unpaired) electrons. The highest BCUT2D eigenvalue weighted by Gasteiger charge is 2.20. The van der Waals surface area contributed by atoms with Gasteiger partial charge in [-0.2, -0.15) is 23.4 Å². The molecular weight excluding hydrogens is 392 g/mol. The standard InChI is InChI=1S/C15H18N6O6S/c1-4-27-12(22)10-7-5-6-8-11(10)20-28(24,25)21-14(23)18-13-16-9(2)17-15(19-13)26-3/h5-8,20H,4H2,1-3H3,(H2,16,17,18,19,21,23). The van der Waals surface area contributed by atoms with Crippen molar-refractivity contribution in [3.05, 3.63) is 35.7 Å². The van der Waals surface area contributed by atoms with Gasteiger partial charge < -0.3 is 9.47 Å². The lowest BCUT2D eigenvalue weighted by Gasteiger charge is -2.12. The number of ether oxygens (including phenoxy) is 2. The quantitative estimate of drug-likeness (QED) is 0.562. The van der Waals surface area contributed by atoms with Gasteiger partial charge in [-0.3, -0.25) is 10.0 Å². The summed E-state index contributed by atoms with van der Waals surface area (Å²) in [6.45, 7) is 3.28. The Morgan fingerprint density at radius 2 is 1.86 bits per heavy atom. The summed E-state index contributed by atoms with van der Waals surface area (Å²) < 4.78 is 38.0. The summed E-state index contributed by atoms with van der Waals surface area (Å²) in [6, 6.07) is 4.61. The van der Waals surface area contributed by atoms with Crippen LogP contribution in [0.2, 0.25) is 0 Å². The van der Waals surface area contributed by atoms with Crippen molar-refractivity contribution in [1.29, 1.82) is 0 Å². The average Bonchev–Trinajstić information content (AvgIpc) is 2.60. The molecule has 0 aliphatic heterocycles. The number of nitrogens with one attached hydrogen (secondary N) is 3. The summed E-state index contributed by atoms with van der Waals surface area (Å²) in [5.74, 6) is -0.659. The summed E-state index contributed by atoms with van der Waals surface area (Å²) in [5.41, 5.74) is -0.0631. The van der Waals surface area contributed by atoms with Gasteiger partial charge in [-0.25, -0.2) is 14.3 Å². The highest BCUT2D eigenvalue weighted by Crippen LogP contribution is 2.17. The van der Waals surface area contributed by atoms with E-state index in [0.29, 0.717) is 0 Å². The van der Waals surface area contributed by atoms with Crippen molar-refractivity contribution in [2.24, 2.45) is 0 Å². The highest BCUT2D eigenvalue weighted by atomic mass is 32.2. The number of methoxy groups -OCH3 is 1. The molecule has 28 heavy (non-hydrogen) atoms. The van der Waals surface area contributed by atoms with Gasteiger partial charge in [0.2, 0.25) is 5.95 Å². The molecule has 0 saturated heterocycles.